The SMILES string of the molecule is CCn1c(SC(C(=O)Nc2cc(C)ccc2OC)c2ccccc2)nnc1-c1ccccc1. The quantitative estimate of drug-likeness (QED) is 0.340. The topological polar surface area (TPSA) is 69.0 Å². The van der Waals surface area contributed by atoms with Crippen LogP contribution in [0.5, 0.6) is 5.75 Å². The van der Waals surface area contributed by atoms with Crippen LogP contribution in [0.4, 0.5) is 5.69 Å². The van der Waals surface area contributed by atoms with Gasteiger partial charge in [0.05, 0.1) is 12.8 Å². The highest BCUT2D eigenvalue weighted by atomic mass is 32.2. The van der Waals surface area contributed by atoms with E-state index in [1.54, 1.807) is 7.11 Å². The zero-order valence-corrected chi connectivity index (χ0v) is 19.7. The Labute approximate surface area is 198 Å². The van der Waals surface area contributed by atoms with Crippen molar-refractivity contribution in [3.05, 3.63) is 90.0 Å². The van der Waals surface area contributed by atoms with Gasteiger partial charge in [-0.05, 0) is 37.1 Å². The van der Waals surface area contributed by atoms with Gasteiger partial charge in [0.25, 0.3) is 0 Å². The molecule has 0 saturated carbocycles. The van der Waals surface area contributed by atoms with E-state index in [4.69, 9.17) is 4.74 Å². The molecule has 1 heterocycles. The summed E-state index contributed by atoms with van der Waals surface area (Å²) >= 11 is 1.39. The Kier molecular flexibility index (Phi) is 7.10. The summed E-state index contributed by atoms with van der Waals surface area (Å²) in [5, 5.41) is 12.1. The minimum atomic E-state index is -0.519. The third-order valence-corrected chi connectivity index (χ3v) is 6.48. The summed E-state index contributed by atoms with van der Waals surface area (Å²) in [6.07, 6.45) is 0. The first-order chi connectivity index (χ1) is 16.1. The number of anilines is 1. The van der Waals surface area contributed by atoms with E-state index in [9.17, 15) is 4.79 Å². The predicted molar refractivity (Wildman–Crippen MR) is 133 cm³/mol. The lowest BCUT2D eigenvalue weighted by Crippen LogP contribution is -2.20. The molecule has 0 aliphatic carbocycles. The van der Waals surface area contributed by atoms with Crippen molar-refractivity contribution in [2.24, 2.45) is 0 Å². The Bertz CT molecular complexity index is 1230. The third kappa shape index (κ3) is 5.09. The number of nitrogens with zero attached hydrogens (tertiary/aromatic N) is 3. The number of amides is 1. The van der Waals surface area contributed by atoms with Gasteiger partial charge < -0.3 is 14.6 Å². The monoisotopic (exact) mass is 458 g/mol. The van der Waals surface area contributed by atoms with Crippen LogP contribution < -0.4 is 10.1 Å². The van der Waals surface area contributed by atoms with Gasteiger partial charge in [-0.25, -0.2) is 0 Å². The van der Waals surface area contributed by atoms with Gasteiger partial charge in [-0.1, -0.05) is 78.5 Å². The first-order valence-corrected chi connectivity index (χ1v) is 11.6. The van der Waals surface area contributed by atoms with Crippen LogP contribution in [-0.2, 0) is 11.3 Å². The Morgan fingerprint density at radius 3 is 2.39 bits per heavy atom. The maximum atomic E-state index is 13.5. The molecule has 4 aromatic rings. The van der Waals surface area contributed by atoms with Crippen LogP contribution in [0.3, 0.4) is 0 Å². The molecule has 0 spiro atoms. The van der Waals surface area contributed by atoms with Gasteiger partial charge in [-0.2, -0.15) is 0 Å². The van der Waals surface area contributed by atoms with Gasteiger partial charge in [0.1, 0.15) is 11.0 Å². The number of methoxy groups -OCH3 is 1. The number of ether oxygens (including phenoxy) is 1. The van der Waals surface area contributed by atoms with Gasteiger partial charge in [0.2, 0.25) is 5.91 Å². The smallest absolute Gasteiger partial charge is 0.242 e. The summed E-state index contributed by atoms with van der Waals surface area (Å²) in [7, 11) is 1.60. The molecule has 3 aromatic carbocycles. The third-order valence-electron chi connectivity index (χ3n) is 5.24. The largest absolute Gasteiger partial charge is 0.495 e. The highest BCUT2D eigenvalue weighted by Crippen LogP contribution is 2.37. The molecule has 4 rings (SSSR count). The number of aryl methyl sites for hydroxylation is 1. The van der Waals surface area contributed by atoms with Crippen LogP contribution in [0.15, 0.2) is 84.0 Å². The van der Waals surface area contributed by atoms with Gasteiger partial charge >= 0.3 is 0 Å². The molecule has 1 unspecified atom stereocenters. The second-order valence-corrected chi connectivity index (χ2v) is 8.59. The zero-order chi connectivity index (χ0) is 23.2. The minimum Gasteiger partial charge on any atom is -0.495 e. The van der Waals surface area contributed by atoms with Gasteiger partial charge in [-0.3, -0.25) is 4.79 Å². The van der Waals surface area contributed by atoms with E-state index in [1.165, 1.54) is 11.8 Å². The molecule has 1 atom stereocenters. The molecule has 33 heavy (non-hydrogen) atoms. The van der Waals surface area contributed by atoms with E-state index in [1.807, 2.05) is 90.4 Å². The van der Waals surface area contributed by atoms with Crippen molar-refractivity contribution in [1.29, 1.82) is 0 Å². The van der Waals surface area contributed by atoms with Gasteiger partial charge in [0, 0.05) is 12.1 Å². The number of rotatable bonds is 8. The number of carbonyl (C=O) groups is 1. The summed E-state index contributed by atoms with van der Waals surface area (Å²) in [6.45, 7) is 4.72. The number of aromatic nitrogens is 3. The Hall–Kier alpha value is -3.58. The Morgan fingerprint density at radius 2 is 1.73 bits per heavy atom. The molecule has 0 radical (unpaired) electrons. The summed E-state index contributed by atoms with van der Waals surface area (Å²) in [6, 6.07) is 25.4. The molecule has 0 saturated heterocycles. The number of hydrogen-bond acceptors (Lipinski definition) is 5. The van der Waals surface area contributed by atoms with E-state index < -0.39 is 5.25 Å². The molecule has 0 bridgehead atoms. The maximum Gasteiger partial charge on any atom is 0.242 e. The normalized spacial score (nSPS) is 11.7. The number of hydrogen-bond donors (Lipinski definition) is 1. The fourth-order valence-corrected chi connectivity index (χ4v) is 4.69. The molecule has 168 valence electrons. The van der Waals surface area contributed by atoms with Crippen molar-refractivity contribution >= 4 is 23.4 Å². The average Bonchev–Trinajstić information content (AvgIpc) is 3.26. The van der Waals surface area contributed by atoms with Gasteiger partial charge in [-0.15, -0.1) is 10.2 Å². The summed E-state index contributed by atoms with van der Waals surface area (Å²) in [5.41, 5.74) is 3.56. The molecule has 0 fully saturated rings. The lowest BCUT2D eigenvalue weighted by Gasteiger charge is -2.18. The Morgan fingerprint density at radius 1 is 1.03 bits per heavy atom. The number of carbonyl (C=O) groups excluding carboxylic acids is 1. The van der Waals surface area contributed by atoms with Crippen molar-refractivity contribution in [2.75, 3.05) is 12.4 Å². The average molecular weight is 459 g/mol. The van der Waals surface area contributed by atoms with Crippen molar-refractivity contribution in [2.45, 2.75) is 30.8 Å². The van der Waals surface area contributed by atoms with E-state index in [2.05, 4.69) is 22.4 Å². The molecule has 1 aromatic heterocycles. The van der Waals surface area contributed by atoms with Crippen LogP contribution >= 0.6 is 11.8 Å². The number of nitrogens with one attached hydrogen (secondary N) is 1. The molecule has 1 amide bonds. The first-order valence-electron chi connectivity index (χ1n) is 10.8. The summed E-state index contributed by atoms with van der Waals surface area (Å²) in [4.78, 5) is 13.5. The van der Waals surface area contributed by atoms with Gasteiger partial charge in [0.15, 0.2) is 11.0 Å². The van der Waals surface area contributed by atoms with Crippen LogP contribution in [0.25, 0.3) is 11.4 Å². The lowest BCUT2D eigenvalue weighted by atomic mass is 10.1. The summed E-state index contributed by atoms with van der Waals surface area (Å²) < 4.78 is 7.48. The van der Waals surface area contributed by atoms with E-state index in [0.29, 0.717) is 23.1 Å². The second-order valence-electron chi connectivity index (χ2n) is 7.52. The van der Waals surface area contributed by atoms with Crippen molar-refractivity contribution < 1.29 is 9.53 Å². The van der Waals surface area contributed by atoms with E-state index in [-0.39, 0.29) is 5.91 Å². The zero-order valence-electron chi connectivity index (χ0n) is 18.9. The maximum absolute atomic E-state index is 13.5. The number of thioether (sulfide) groups is 1. The summed E-state index contributed by atoms with van der Waals surface area (Å²) in [5.74, 6) is 1.25. The fourth-order valence-electron chi connectivity index (χ4n) is 3.59. The molecule has 0 aliphatic heterocycles. The minimum absolute atomic E-state index is 0.151. The molecule has 6 nitrogen and oxygen atoms in total. The van der Waals surface area contributed by atoms with Crippen molar-refractivity contribution in [3.63, 3.8) is 0 Å². The molecular weight excluding hydrogens is 432 g/mol. The lowest BCUT2D eigenvalue weighted by molar-refractivity contribution is -0.115. The van der Waals surface area contributed by atoms with Crippen molar-refractivity contribution in [1.82, 2.24) is 14.8 Å². The van der Waals surface area contributed by atoms with E-state index >= 15 is 0 Å². The van der Waals surface area contributed by atoms with E-state index in [0.717, 1.165) is 22.5 Å². The molecule has 1 N–H and O–H groups in total. The standard InChI is InChI=1S/C26H26N4O2S/c1-4-30-24(20-13-9-6-10-14-20)28-29-26(30)33-23(19-11-7-5-8-12-19)25(31)27-21-17-18(2)15-16-22(21)32-3/h5-17,23H,4H2,1-3H3,(H,27,31). The number of benzene rings is 3. The van der Waals surface area contributed by atoms with Crippen LogP contribution in [0.2, 0.25) is 0 Å². The van der Waals surface area contributed by atoms with Crippen LogP contribution in [0, 0.1) is 6.92 Å². The highest BCUT2D eigenvalue weighted by Gasteiger charge is 2.26. The second kappa shape index (κ2) is 10.4. The predicted octanol–water partition coefficient (Wildman–Crippen LogP) is 5.75. The van der Waals surface area contributed by atoms with Crippen LogP contribution in [-0.4, -0.2) is 27.8 Å². The Balaban J connectivity index is 1.68. The first kappa shape index (κ1) is 22.6. The molecule has 7 heteroatoms. The molecule has 0 aliphatic rings. The van der Waals surface area contributed by atoms with Crippen LogP contribution in [0.1, 0.15) is 23.3 Å². The molecular formula is C26H26N4O2S. The highest BCUT2D eigenvalue weighted by molar-refractivity contribution is 8.00. The van der Waals surface area contributed by atoms with Crippen molar-refractivity contribution in [3.8, 4) is 17.1 Å². The fraction of sp³-hybridized carbons (Fsp3) is 0.192.